The molecule has 2 rings (SSSR count). The number of carbonyl (C=O) groups excluding carboxylic acids is 2. The van der Waals surface area contributed by atoms with Crippen LogP contribution in [0, 0.1) is 0 Å². The lowest BCUT2D eigenvalue weighted by Crippen LogP contribution is -2.09. The highest BCUT2D eigenvalue weighted by Crippen LogP contribution is 2.35. The van der Waals surface area contributed by atoms with Gasteiger partial charge < -0.3 is 20.1 Å². The van der Waals surface area contributed by atoms with E-state index in [4.69, 9.17) is 18.6 Å². The molecule has 282 valence electrons. The molecule has 14 heteroatoms. The van der Waals surface area contributed by atoms with Crippen molar-refractivity contribution in [3.63, 3.8) is 0 Å². The van der Waals surface area contributed by atoms with Crippen molar-refractivity contribution in [2.45, 2.75) is 117 Å². The van der Waals surface area contributed by atoms with E-state index in [1.165, 1.54) is 13.8 Å². The van der Waals surface area contributed by atoms with Gasteiger partial charge in [-0.3, -0.25) is 18.7 Å². The summed E-state index contributed by atoms with van der Waals surface area (Å²) >= 11 is 0. The molecule has 2 aromatic rings. The third-order valence-corrected chi connectivity index (χ3v) is 9.64. The Balaban J connectivity index is 1.90. The van der Waals surface area contributed by atoms with E-state index in [0.29, 0.717) is 48.9 Å². The van der Waals surface area contributed by atoms with Gasteiger partial charge in [-0.2, -0.15) is 16.8 Å². The third-order valence-electron chi connectivity index (χ3n) is 8.03. The highest BCUT2D eigenvalue weighted by molar-refractivity contribution is 7.86. The Morgan fingerprint density at radius 3 is 1.12 bits per heavy atom. The van der Waals surface area contributed by atoms with E-state index >= 15 is 0 Å². The van der Waals surface area contributed by atoms with E-state index in [9.17, 15) is 26.4 Å². The predicted octanol–water partition coefficient (Wildman–Crippen LogP) is 8.05. The summed E-state index contributed by atoms with van der Waals surface area (Å²) in [5.41, 5.74) is 2.88. The van der Waals surface area contributed by atoms with Crippen LogP contribution >= 0.6 is 0 Å². The average molecular weight is 741 g/mol. The number of amides is 2. The number of nitrogens with one attached hydrogen (secondary N) is 2. The molecule has 0 aliphatic rings. The van der Waals surface area contributed by atoms with Gasteiger partial charge in [0.2, 0.25) is 11.8 Å². The molecule has 0 radical (unpaired) electrons. The minimum Gasteiger partial charge on any atom is -0.491 e. The third kappa shape index (κ3) is 20.5. The van der Waals surface area contributed by atoms with Crippen molar-refractivity contribution >= 4 is 43.4 Å². The molecule has 2 amide bonds. The fourth-order valence-electron chi connectivity index (χ4n) is 5.49. The molecule has 0 saturated carbocycles. The number of benzene rings is 2. The molecular weight excluding hydrogens is 685 g/mol. The van der Waals surface area contributed by atoms with Crippen molar-refractivity contribution in [2.75, 3.05) is 35.4 Å². The normalized spacial score (nSPS) is 11.7. The minimum absolute atomic E-state index is 0.180. The first kappa shape index (κ1) is 43.0. The maximum absolute atomic E-state index is 11.9. The van der Waals surface area contributed by atoms with Gasteiger partial charge >= 0.3 is 0 Å². The van der Waals surface area contributed by atoms with E-state index in [1.807, 2.05) is 36.4 Å². The van der Waals surface area contributed by atoms with Crippen LogP contribution in [0.1, 0.15) is 117 Å². The minimum atomic E-state index is -3.87. The molecule has 0 unspecified atom stereocenters. The number of hydrogen-bond acceptors (Lipinski definition) is 8. The van der Waals surface area contributed by atoms with Gasteiger partial charge in [0.25, 0.3) is 20.2 Å². The standard InChI is InChI=1S/C36H56N2O10S2/c1-29(39)37-33-21-19-31(27-35(33)47-23-15-11-7-3-5-9-13-17-25-49(41,42)43)32-20-22-34(38-30(2)40)36(28-32)48-24-16-12-8-4-6-10-14-18-26-50(44,45)46/h19-22,27-28H,3-18,23-26H2,1-2H3,(H,37,39)(H,38,40)(H,41,42,43)(H,44,45,46). The van der Waals surface area contributed by atoms with E-state index in [0.717, 1.165) is 101 Å². The van der Waals surface area contributed by atoms with Gasteiger partial charge in [-0.1, -0.05) is 89.2 Å². The fourth-order valence-corrected chi connectivity index (χ4v) is 6.62. The van der Waals surface area contributed by atoms with Gasteiger partial charge in [0, 0.05) is 13.8 Å². The van der Waals surface area contributed by atoms with Gasteiger partial charge in [0.05, 0.1) is 36.1 Å². The van der Waals surface area contributed by atoms with Crippen LogP contribution in [-0.2, 0) is 29.8 Å². The van der Waals surface area contributed by atoms with E-state index in [1.54, 1.807) is 0 Å². The molecule has 0 aliphatic heterocycles. The first-order chi connectivity index (χ1) is 23.7. The summed E-state index contributed by atoms with van der Waals surface area (Å²) in [5.74, 6) is 0.351. The smallest absolute Gasteiger partial charge is 0.264 e. The zero-order valence-electron chi connectivity index (χ0n) is 29.6. The SMILES string of the molecule is CC(=O)Nc1ccc(-c2ccc(NC(C)=O)c(OCCCCCCCCCCS(=O)(=O)O)c2)cc1OCCCCCCCCCCS(=O)(=O)O. The Bertz CT molecular complexity index is 1430. The van der Waals surface area contributed by atoms with Crippen molar-refractivity contribution in [2.24, 2.45) is 0 Å². The molecule has 0 aromatic heterocycles. The molecular formula is C36H56N2O10S2. The average Bonchev–Trinajstić information content (AvgIpc) is 3.02. The second-order valence-electron chi connectivity index (χ2n) is 12.7. The second-order valence-corrected chi connectivity index (χ2v) is 15.9. The van der Waals surface area contributed by atoms with Gasteiger partial charge in [-0.05, 0) is 61.1 Å². The summed E-state index contributed by atoms with van der Waals surface area (Å²) in [7, 11) is -7.75. The quantitative estimate of drug-likeness (QED) is 0.0516. The molecule has 0 atom stereocenters. The highest BCUT2D eigenvalue weighted by Gasteiger charge is 2.13. The maximum atomic E-state index is 11.9. The first-order valence-corrected chi connectivity index (χ1v) is 20.9. The van der Waals surface area contributed by atoms with E-state index < -0.39 is 20.2 Å². The van der Waals surface area contributed by atoms with Crippen LogP contribution in [0.4, 0.5) is 11.4 Å². The van der Waals surface area contributed by atoms with Crippen LogP contribution in [0.2, 0.25) is 0 Å². The van der Waals surface area contributed by atoms with Gasteiger partial charge in [0.15, 0.2) is 0 Å². The van der Waals surface area contributed by atoms with Crippen molar-refractivity contribution in [1.29, 1.82) is 0 Å². The summed E-state index contributed by atoms with van der Waals surface area (Å²) < 4.78 is 73.0. The Labute approximate surface area is 298 Å². The van der Waals surface area contributed by atoms with Gasteiger partial charge in [0.1, 0.15) is 11.5 Å². The molecule has 0 spiro atoms. The van der Waals surface area contributed by atoms with E-state index in [2.05, 4.69) is 10.6 Å². The Morgan fingerprint density at radius 2 is 0.820 bits per heavy atom. The van der Waals surface area contributed by atoms with Crippen LogP contribution in [0.5, 0.6) is 11.5 Å². The summed E-state index contributed by atoms with van der Waals surface area (Å²) in [6.45, 7) is 3.85. The predicted molar refractivity (Wildman–Crippen MR) is 198 cm³/mol. The second kappa shape index (κ2) is 23.3. The van der Waals surface area contributed by atoms with Crippen LogP contribution in [0.3, 0.4) is 0 Å². The van der Waals surface area contributed by atoms with Crippen molar-refractivity contribution < 1.29 is 45.0 Å². The van der Waals surface area contributed by atoms with Crippen LogP contribution in [-0.4, -0.2) is 62.5 Å². The number of unbranched alkanes of at least 4 members (excludes halogenated alkanes) is 14. The summed E-state index contributed by atoms with van der Waals surface area (Å²) in [5, 5.41) is 5.67. The van der Waals surface area contributed by atoms with Gasteiger partial charge in [-0.25, -0.2) is 0 Å². The monoisotopic (exact) mass is 740 g/mol. The van der Waals surface area contributed by atoms with Crippen LogP contribution in [0.25, 0.3) is 11.1 Å². The number of anilines is 2. The zero-order chi connectivity index (χ0) is 36.8. The number of ether oxygens (including phenoxy) is 2. The molecule has 0 heterocycles. The van der Waals surface area contributed by atoms with Crippen LogP contribution < -0.4 is 20.1 Å². The highest BCUT2D eigenvalue weighted by atomic mass is 32.2. The molecule has 0 aliphatic carbocycles. The fraction of sp³-hybridized carbons (Fsp3) is 0.611. The molecule has 4 N–H and O–H groups in total. The Morgan fingerprint density at radius 1 is 0.520 bits per heavy atom. The molecule has 0 bridgehead atoms. The number of hydrogen-bond donors (Lipinski definition) is 4. The summed E-state index contributed by atoms with van der Waals surface area (Å²) in [4.78, 5) is 23.7. The van der Waals surface area contributed by atoms with Crippen molar-refractivity contribution in [3.05, 3.63) is 36.4 Å². The lowest BCUT2D eigenvalue weighted by Gasteiger charge is -2.16. The lowest BCUT2D eigenvalue weighted by atomic mass is 10.0. The molecule has 2 aromatic carbocycles. The Hall–Kier alpha value is -3.20. The zero-order valence-corrected chi connectivity index (χ0v) is 31.2. The molecule has 0 saturated heterocycles. The van der Waals surface area contributed by atoms with Crippen molar-refractivity contribution in [1.82, 2.24) is 0 Å². The number of carbonyl (C=O) groups is 2. The van der Waals surface area contributed by atoms with Crippen LogP contribution in [0.15, 0.2) is 36.4 Å². The molecule has 50 heavy (non-hydrogen) atoms. The lowest BCUT2D eigenvalue weighted by molar-refractivity contribution is -0.115. The summed E-state index contributed by atoms with van der Waals surface area (Å²) in [6.07, 6.45) is 14.2. The topological polar surface area (TPSA) is 185 Å². The summed E-state index contributed by atoms with van der Waals surface area (Å²) in [6, 6.07) is 11.2. The first-order valence-electron chi connectivity index (χ1n) is 17.7. The Kier molecular flexibility index (Phi) is 20.0. The maximum Gasteiger partial charge on any atom is 0.264 e. The molecule has 0 fully saturated rings. The molecule has 12 nitrogen and oxygen atoms in total. The number of rotatable bonds is 27. The van der Waals surface area contributed by atoms with Gasteiger partial charge in [-0.15, -0.1) is 0 Å². The van der Waals surface area contributed by atoms with Crippen molar-refractivity contribution in [3.8, 4) is 22.6 Å². The van der Waals surface area contributed by atoms with E-state index in [-0.39, 0.29) is 23.3 Å². The largest absolute Gasteiger partial charge is 0.491 e.